The molecule has 0 unspecified atom stereocenters. The van der Waals surface area contributed by atoms with Gasteiger partial charge in [-0.2, -0.15) is 5.10 Å². The Morgan fingerprint density at radius 3 is 2.91 bits per heavy atom. The van der Waals surface area contributed by atoms with Crippen LogP contribution in [0.2, 0.25) is 0 Å². The van der Waals surface area contributed by atoms with E-state index in [0.717, 1.165) is 54.2 Å². The number of fused-ring (bicyclic) bond motifs is 1. The van der Waals surface area contributed by atoms with Crippen LogP contribution in [0.4, 0.5) is 5.82 Å². The van der Waals surface area contributed by atoms with Gasteiger partial charge >= 0.3 is 0 Å². The van der Waals surface area contributed by atoms with Crippen molar-refractivity contribution in [2.45, 2.75) is 32.6 Å². The molecule has 0 bridgehead atoms. The maximum atomic E-state index is 12.6. The lowest BCUT2D eigenvalue weighted by molar-refractivity contribution is -0.117. The molecule has 1 saturated heterocycles. The molecule has 0 aromatic carbocycles. The van der Waals surface area contributed by atoms with Crippen molar-refractivity contribution in [3.05, 3.63) is 59.8 Å². The first-order valence-electron chi connectivity index (χ1n) is 10.8. The summed E-state index contributed by atoms with van der Waals surface area (Å²) in [5, 5.41) is 11.6. The van der Waals surface area contributed by atoms with Gasteiger partial charge in [0.25, 0.3) is 0 Å². The zero-order valence-corrected chi connectivity index (χ0v) is 18.2. The Bertz CT molecular complexity index is 1250. The number of carbonyl (C=O) groups is 1. The van der Waals surface area contributed by atoms with Gasteiger partial charge in [-0.05, 0) is 45.4 Å². The highest BCUT2D eigenvalue weighted by Gasteiger charge is 2.29. The Morgan fingerprint density at radius 1 is 1.22 bits per heavy atom. The number of aryl methyl sites for hydroxylation is 2. The second-order valence-corrected chi connectivity index (χ2v) is 8.28. The SMILES string of the molecule is Cc1cc(-c2cnc3cc(C)nn3c2[C@@H]2CCCN(CC(=O)Nc3ccccn3)C2)on1. The number of hydrogen-bond donors (Lipinski definition) is 1. The Morgan fingerprint density at radius 2 is 2.12 bits per heavy atom. The fraction of sp³-hybridized carbons (Fsp3) is 0.348. The molecule has 1 N–H and O–H groups in total. The van der Waals surface area contributed by atoms with Crippen LogP contribution in [0.15, 0.2) is 47.2 Å². The molecule has 0 aliphatic carbocycles. The third kappa shape index (κ3) is 4.11. The van der Waals surface area contributed by atoms with E-state index >= 15 is 0 Å². The van der Waals surface area contributed by atoms with E-state index in [-0.39, 0.29) is 11.8 Å². The first kappa shape index (κ1) is 20.3. The smallest absolute Gasteiger partial charge is 0.239 e. The van der Waals surface area contributed by atoms with Crippen LogP contribution in [0, 0.1) is 13.8 Å². The second kappa shape index (κ2) is 8.51. The Balaban J connectivity index is 1.42. The normalized spacial score (nSPS) is 17.0. The fourth-order valence-corrected chi connectivity index (χ4v) is 4.38. The van der Waals surface area contributed by atoms with Crippen molar-refractivity contribution >= 4 is 17.4 Å². The largest absolute Gasteiger partial charge is 0.356 e. The molecule has 5 heterocycles. The summed E-state index contributed by atoms with van der Waals surface area (Å²) < 4.78 is 7.50. The number of piperidine rings is 1. The molecule has 1 fully saturated rings. The minimum absolute atomic E-state index is 0.0646. The minimum atomic E-state index is -0.0646. The van der Waals surface area contributed by atoms with Gasteiger partial charge in [-0.15, -0.1) is 0 Å². The Labute approximate surface area is 185 Å². The predicted octanol–water partition coefficient (Wildman–Crippen LogP) is 3.21. The van der Waals surface area contributed by atoms with Gasteiger partial charge in [0, 0.05) is 37.0 Å². The van der Waals surface area contributed by atoms with Crippen LogP contribution in [-0.2, 0) is 4.79 Å². The molecule has 0 spiro atoms. The fourth-order valence-electron chi connectivity index (χ4n) is 4.38. The van der Waals surface area contributed by atoms with Gasteiger partial charge in [0.1, 0.15) is 5.82 Å². The zero-order valence-electron chi connectivity index (χ0n) is 18.2. The summed E-state index contributed by atoms with van der Waals surface area (Å²) in [4.78, 5) is 23.5. The number of nitrogens with zero attached hydrogens (tertiary/aromatic N) is 6. The highest BCUT2D eigenvalue weighted by Crippen LogP contribution is 2.34. The Kier molecular flexibility index (Phi) is 5.40. The molecule has 0 saturated carbocycles. The quantitative estimate of drug-likeness (QED) is 0.518. The van der Waals surface area contributed by atoms with Crippen molar-refractivity contribution in [3.63, 3.8) is 0 Å². The highest BCUT2D eigenvalue weighted by atomic mass is 16.5. The van der Waals surface area contributed by atoms with Crippen molar-refractivity contribution in [1.29, 1.82) is 0 Å². The van der Waals surface area contributed by atoms with Gasteiger partial charge < -0.3 is 9.84 Å². The molecule has 1 aliphatic heterocycles. The summed E-state index contributed by atoms with van der Waals surface area (Å²) in [7, 11) is 0. The lowest BCUT2D eigenvalue weighted by atomic mass is 9.91. The molecule has 4 aromatic heterocycles. The van der Waals surface area contributed by atoms with Gasteiger partial charge in [-0.1, -0.05) is 11.2 Å². The van der Waals surface area contributed by atoms with Crippen LogP contribution in [0.25, 0.3) is 17.0 Å². The van der Waals surface area contributed by atoms with Crippen molar-refractivity contribution in [3.8, 4) is 11.3 Å². The summed E-state index contributed by atoms with van der Waals surface area (Å²) >= 11 is 0. The van der Waals surface area contributed by atoms with Crippen LogP contribution in [0.3, 0.4) is 0 Å². The van der Waals surface area contributed by atoms with Gasteiger partial charge in [0.05, 0.1) is 29.2 Å². The minimum Gasteiger partial charge on any atom is -0.356 e. The van der Waals surface area contributed by atoms with E-state index in [1.807, 2.05) is 48.8 Å². The number of anilines is 1. The van der Waals surface area contributed by atoms with Gasteiger partial charge in [-0.25, -0.2) is 14.5 Å². The Hall–Kier alpha value is -3.59. The number of carbonyl (C=O) groups excluding carboxylic acids is 1. The predicted molar refractivity (Wildman–Crippen MR) is 119 cm³/mol. The molecule has 1 amide bonds. The molecule has 9 nitrogen and oxygen atoms in total. The van der Waals surface area contributed by atoms with Gasteiger partial charge in [-0.3, -0.25) is 9.69 Å². The number of aromatic nitrogens is 5. The van der Waals surface area contributed by atoms with Crippen LogP contribution in [0.1, 0.15) is 35.8 Å². The standard InChI is InChI=1S/C23H25N7O2/c1-15-11-21-25-12-18(19-10-16(2)28-32-19)23(30(21)27-15)17-6-5-9-29(13-17)14-22(31)26-20-7-3-4-8-24-20/h3-4,7-8,10-12,17H,5-6,9,13-14H2,1-2H3,(H,24,26,31)/t17-/m1/s1. The summed E-state index contributed by atoms with van der Waals surface area (Å²) in [5.41, 5.74) is 4.48. The average Bonchev–Trinajstić information content (AvgIpc) is 3.38. The topological polar surface area (TPSA) is 101 Å². The molecule has 1 atom stereocenters. The molecular formula is C23H25N7O2. The average molecular weight is 432 g/mol. The number of rotatable bonds is 5. The van der Waals surface area contributed by atoms with Crippen molar-refractivity contribution in [1.82, 2.24) is 29.6 Å². The number of pyridine rings is 1. The van der Waals surface area contributed by atoms with E-state index < -0.39 is 0 Å². The van der Waals surface area contributed by atoms with E-state index in [0.29, 0.717) is 18.1 Å². The monoisotopic (exact) mass is 431 g/mol. The molecule has 164 valence electrons. The molecule has 4 aromatic rings. The first-order valence-corrected chi connectivity index (χ1v) is 10.8. The van der Waals surface area contributed by atoms with E-state index in [1.54, 1.807) is 12.3 Å². The molecular weight excluding hydrogens is 406 g/mol. The lowest BCUT2D eigenvalue weighted by Gasteiger charge is -2.33. The van der Waals surface area contributed by atoms with Gasteiger partial charge in [0.2, 0.25) is 5.91 Å². The van der Waals surface area contributed by atoms with Crippen molar-refractivity contribution in [2.24, 2.45) is 0 Å². The van der Waals surface area contributed by atoms with E-state index in [4.69, 9.17) is 9.62 Å². The number of likely N-dealkylation sites (tertiary alicyclic amines) is 1. The third-order valence-corrected chi connectivity index (χ3v) is 5.73. The molecule has 9 heteroatoms. The maximum absolute atomic E-state index is 12.6. The lowest BCUT2D eigenvalue weighted by Crippen LogP contribution is -2.40. The summed E-state index contributed by atoms with van der Waals surface area (Å²) in [6.07, 6.45) is 5.50. The highest BCUT2D eigenvalue weighted by molar-refractivity contribution is 5.91. The summed E-state index contributed by atoms with van der Waals surface area (Å²) in [6.45, 7) is 5.80. The van der Waals surface area contributed by atoms with E-state index in [9.17, 15) is 4.79 Å². The molecule has 0 radical (unpaired) electrons. The summed E-state index contributed by atoms with van der Waals surface area (Å²) in [6, 6.07) is 9.36. The van der Waals surface area contributed by atoms with E-state index in [2.05, 4.69) is 25.3 Å². The van der Waals surface area contributed by atoms with Crippen LogP contribution >= 0.6 is 0 Å². The summed E-state index contributed by atoms with van der Waals surface area (Å²) in [5.74, 6) is 1.36. The van der Waals surface area contributed by atoms with Crippen LogP contribution in [-0.4, -0.2) is 55.2 Å². The maximum Gasteiger partial charge on any atom is 0.239 e. The van der Waals surface area contributed by atoms with Crippen molar-refractivity contribution in [2.75, 3.05) is 25.0 Å². The number of nitrogens with one attached hydrogen (secondary N) is 1. The molecule has 1 aliphatic rings. The second-order valence-electron chi connectivity index (χ2n) is 8.28. The van der Waals surface area contributed by atoms with Crippen LogP contribution in [0.5, 0.6) is 0 Å². The van der Waals surface area contributed by atoms with E-state index in [1.165, 1.54) is 0 Å². The molecule has 5 rings (SSSR count). The third-order valence-electron chi connectivity index (χ3n) is 5.73. The number of amides is 1. The number of hydrogen-bond acceptors (Lipinski definition) is 7. The van der Waals surface area contributed by atoms with Gasteiger partial charge in [0.15, 0.2) is 11.4 Å². The van der Waals surface area contributed by atoms with Crippen molar-refractivity contribution < 1.29 is 9.32 Å². The first-order chi connectivity index (χ1) is 15.6. The van der Waals surface area contributed by atoms with Crippen LogP contribution < -0.4 is 5.32 Å². The zero-order chi connectivity index (χ0) is 22.1. The molecule has 32 heavy (non-hydrogen) atoms.